The van der Waals surface area contributed by atoms with Crippen LogP contribution in [0.5, 0.6) is 0 Å². The van der Waals surface area contributed by atoms with Crippen LogP contribution < -0.4 is 0 Å². The fourth-order valence-electron chi connectivity index (χ4n) is 8.58. The van der Waals surface area contributed by atoms with Gasteiger partial charge in [-0.1, -0.05) is 24.3 Å². The Bertz CT molecular complexity index is 802. The first-order valence-electron chi connectivity index (χ1n) is 10.8. The first-order valence-corrected chi connectivity index (χ1v) is 10.8. The van der Waals surface area contributed by atoms with Gasteiger partial charge in [0.25, 0.3) is 0 Å². The van der Waals surface area contributed by atoms with Crippen LogP contribution in [0.25, 0.3) is 0 Å². The van der Waals surface area contributed by atoms with Crippen LogP contribution in [0.2, 0.25) is 0 Å². The van der Waals surface area contributed by atoms with Crippen LogP contribution in [0.15, 0.2) is 24.3 Å². The van der Waals surface area contributed by atoms with Crippen molar-refractivity contribution in [2.45, 2.75) is 50.2 Å². The average Bonchev–Trinajstić information content (AvgIpc) is 3.24. The molecule has 0 aromatic heterocycles. The Balaban J connectivity index is 1.37. The number of nitrogens with zero attached hydrogens (tertiary/aromatic N) is 2. The third kappa shape index (κ3) is 1.66. The summed E-state index contributed by atoms with van der Waals surface area (Å²) in [5.41, 5.74) is 2.66. The molecule has 6 bridgehead atoms. The topological polar surface area (TPSA) is 40.6 Å². The number of fused-ring (bicyclic) bond motifs is 9. The van der Waals surface area contributed by atoms with Gasteiger partial charge >= 0.3 is 0 Å². The highest BCUT2D eigenvalue weighted by molar-refractivity contribution is 6.06. The number of benzene rings is 1. The number of imide groups is 1. The van der Waals surface area contributed by atoms with E-state index in [2.05, 4.69) is 29.2 Å². The van der Waals surface area contributed by atoms with E-state index in [4.69, 9.17) is 0 Å². The molecule has 27 heavy (non-hydrogen) atoms. The number of hydrogen-bond donors (Lipinski definition) is 0. The number of carbonyl (C=O) groups is 2. The number of rotatable bonds is 1. The zero-order valence-electron chi connectivity index (χ0n) is 15.8. The Labute approximate surface area is 159 Å². The van der Waals surface area contributed by atoms with Crippen molar-refractivity contribution in [1.82, 2.24) is 9.80 Å². The third-order valence-corrected chi connectivity index (χ3v) is 9.10. The standard InChI is InChI=1S/C23H26N2O2/c1-24-22(26)17-18(23(24)27)21-16-5-3-2-4-15(16)20(17)25(21)19-13-7-11-6-12(9-13)10-14(19)8-11/h2-5,11-14,17-21H,6-10H2,1H3/t11?,12?,13?,14?,17-,18+,19?,20-,21+. The Morgan fingerprint density at radius 3 is 1.74 bits per heavy atom. The minimum atomic E-state index is -0.153. The minimum Gasteiger partial charge on any atom is -0.285 e. The molecular weight excluding hydrogens is 336 g/mol. The van der Waals surface area contributed by atoms with Gasteiger partial charge in [-0.2, -0.15) is 0 Å². The summed E-state index contributed by atoms with van der Waals surface area (Å²) in [6.45, 7) is 0. The predicted molar refractivity (Wildman–Crippen MR) is 99.4 cm³/mol. The summed E-state index contributed by atoms with van der Waals surface area (Å²) in [7, 11) is 1.68. The van der Waals surface area contributed by atoms with Gasteiger partial charge < -0.3 is 0 Å². The number of likely N-dealkylation sites (tertiary alicyclic amines) is 1. The molecular formula is C23H26N2O2. The van der Waals surface area contributed by atoms with E-state index >= 15 is 0 Å². The maximum Gasteiger partial charge on any atom is 0.234 e. The maximum atomic E-state index is 13.0. The Hall–Kier alpha value is -1.68. The van der Waals surface area contributed by atoms with E-state index in [-0.39, 0.29) is 35.7 Å². The maximum absolute atomic E-state index is 13.0. The van der Waals surface area contributed by atoms with E-state index in [1.54, 1.807) is 7.05 Å². The van der Waals surface area contributed by atoms with Crippen LogP contribution >= 0.6 is 0 Å². The van der Waals surface area contributed by atoms with Gasteiger partial charge in [0.05, 0.1) is 11.8 Å². The molecule has 0 unspecified atom stereocenters. The van der Waals surface area contributed by atoms with E-state index in [9.17, 15) is 9.59 Å². The van der Waals surface area contributed by atoms with Crippen LogP contribution in [0.4, 0.5) is 0 Å². The van der Waals surface area contributed by atoms with Gasteiger partial charge in [0.1, 0.15) is 0 Å². The van der Waals surface area contributed by atoms with Gasteiger partial charge in [-0.25, -0.2) is 0 Å². The molecule has 0 radical (unpaired) electrons. The fourth-order valence-corrected chi connectivity index (χ4v) is 8.58. The molecule has 2 amide bonds. The van der Waals surface area contributed by atoms with E-state index in [1.807, 2.05) is 0 Å². The molecule has 4 saturated carbocycles. The molecule has 3 heterocycles. The van der Waals surface area contributed by atoms with Crippen LogP contribution in [0, 0.1) is 35.5 Å². The van der Waals surface area contributed by atoms with Crippen molar-refractivity contribution in [2.75, 3.05) is 7.05 Å². The van der Waals surface area contributed by atoms with Crippen LogP contribution in [0.3, 0.4) is 0 Å². The number of hydrogen-bond acceptors (Lipinski definition) is 3. The summed E-state index contributed by atoms with van der Waals surface area (Å²) in [5, 5.41) is 0. The quantitative estimate of drug-likeness (QED) is 0.721. The lowest BCUT2D eigenvalue weighted by Gasteiger charge is -2.57. The van der Waals surface area contributed by atoms with Gasteiger partial charge in [0.2, 0.25) is 11.8 Å². The molecule has 0 spiro atoms. The summed E-state index contributed by atoms with van der Waals surface area (Å²) in [5.74, 6) is 3.26. The van der Waals surface area contributed by atoms with Crippen LogP contribution in [0.1, 0.15) is 55.3 Å². The molecule has 8 rings (SSSR count). The molecule has 4 aliphatic carbocycles. The second kappa shape index (κ2) is 4.83. The Morgan fingerprint density at radius 2 is 1.26 bits per heavy atom. The second-order valence-electron chi connectivity index (χ2n) is 10.2. The van der Waals surface area contributed by atoms with Crippen molar-refractivity contribution in [3.05, 3.63) is 35.4 Å². The summed E-state index contributed by atoms with van der Waals surface area (Å²) < 4.78 is 0. The highest BCUT2D eigenvalue weighted by Gasteiger charge is 2.68. The van der Waals surface area contributed by atoms with Crippen LogP contribution in [-0.2, 0) is 9.59 Å². The fraction of sp³-hybridized carbons (Fsp3) is 0.652. The minimum absolute atomic E-state index is 0.0563. The first kappa shape index (κ1) is 15.3. The summed E-state index contributed by atoms with van der Waals surface area (Å²) >= 11 is 0. The molecule has 6 fully saturated rings. The Morgan fingerprint density at radius 1 is 0.778 bits per heavy atom. The summed E-state index contributed by atoms with van der Waals surface area (Å²) in [4.78, 5) is 30.1. The van der Waals surface area contributed by atoms with Crippen molar-refractivity contribution in [2.24, 2.45) is 35.5 Å². The van der Waals surface area contributed by atoms with E-state index in [1.165, 1.54) is 48.1 Å². The van der Waals surface area contributed by atoms with E-state index in [0.29, 0.717) is 6.04 Å². The molecule has 1 aromatic rings. The third-order valence-electron chi connectivity index (χ3n) is 9.10. The zero-order chi connectivity index (χ0) is 18.0. The van der Waals surface area contributed by atoms with Crippen molar-refractivity contribution >= 4 is 11.8 Å². The largest absolute Gasteiger partial charge is 0.285 e. The summed E-state index contributed by atoms with van der Waals surface area (Å²) in [6.07, 6.45) is 6.96. The number of carbonyl (C=O) groups excluding carboxylic acids is 2. The van der Waals surface area contributed by atoms with E-state index < -0.39 is 0 Å². The van der Waals surface area contributed by atoms with Gasteiger partial charge in [0, 0.05) is 25.2 Å². The van der Waals surface area contributed by atoms with Crippen molar-refractivity contribution < 1.29 is 9.59 Å². The molecule has 4 heteroatoms. The molecule has 7 aliphatic rings. The van der Waals surface area contributed by atoms with Gasteiger partial charge in [0.15, 0.2) is 0 Å². The normalized spacial score (nSPS) is 49.2. The highest BCUT2D eigenvalue weighted by atomic mass is 16.2. The lowest BCUT2D eigenvalue weighted by atomic mass is 9.53. The van der Waals surface area contributed by atoms with Gasteiger partial charge in [-0.05, 0) is 66.9 Å². The van der Waals surface area contributed by atoms with Crippen molar-refractivity contribution in [1.29, 1.82) is 0 Å². The smallest absolute Gasteiger partial charge is 0.234 e. The molecule has 2 saturated heterocycles. The van der Waals surface area contributed by atoms with Crippen molar-refractivity contribution in [3.8, 4) is 0 Å². The van der Waals surface area contributed by atoms with Crippen molar-refractivity contribution in [3.63, 3.8) is 0 Å². The zero-order valence-corrected chi connectivity index (χ0v) is 15.8. The lowest BCUT2D eigenvalue weighted by molar-refractivity contribution is -0.141. The second-order valence-corrected chi connectivity index (χ2v) is 10.2. The summed E-state index contributed by atoms with van der Waals surface area (Å²) in [6, 6.07) is 9.48. The lowest BCUT2D eigenvalue weighted by Crippen LogP contribution is -2.55. The van der Waals surface area contributed by atoms with Gasteiger partial charge in [-0.15, -0.1) is 0 Å². The van der Waals surface area contributed by atoms with Gasteiger partial charge in [-0.3, -0.25) is 19.4 Å². The molecule has 0 N–H and O–H groups in total. The monoisotopic (exact) mass is 362 g/mol. The first-order chi connectivity index (χ1) is 13.1. The van der Waals surface area contributed by atoms with Crippen LogP contribution in [-0.4, -0.2) is 34.7 Å². The SMILES string of the molecule is CN1C(=O)[C@@H]2[C@H](C1=O)[C@@H]1c3ccccc3[C@H]2N1C1C2CC3CC(C2)CC1C3. The Kier molecular flexibility index (Phi) is 2.73. The average molecular weight is 362 g/mol. The highest BCUT2D eigenvalue weighted by Crippen LogP contribution is 2.66. The van der Waals surface area contributed by atoms with E-state index in [0.717, 1.165) is 23.7 Å². The number of amides is 2. The molecule has 140 valence electrons. The molecule has 1 aromatic carbocycles. The molecule has 4 atom stereocenters. The molecule has 4 nitrogen and oxygen atoms in total. The predicted octanol–water partition coefficient (Wildman–Crippen LogP) is 3.15. The molecule has 3 aliphatic heterocycles.